The summed E-state index contributed by atoms with van der Waals surface area (Å²) < 4.78 is 20.8. The number of carboxylic acid groups (broad SMARTS) is 1. The summed E-state index contributed by atoms with van der Waals surface area (Å²) in [6.07, 6.45) is -1.53. The Balaban J connectivity index is 2.09. The van der Waals surface area contributed by atoms with Gasteiger partial charge in [-0.15, -0.1) is 0 Å². The zero-order valence-corrected chi connectivity index (χ0v) is 18.1. The smallest absolute Gasteiger partial charge is 0.408 e. The van der Waals surface area contributed by atoms with Crippen molar-refractivity contribution in [1.82, 2.24) is 14.5 Å². The molecule has 2 heterocycles. The van der Waals surface area contributed by atoms with E-state index in [2.05, 4.69) is 20.9 Å². The molecule has 3 aromatic rings. The van der Waals surface area contributed by atoms with Crippen molar-refractivity contribution in [2.45, 2.75) is 12.5 Å². The number of methoxy groups -OCH3 is 1. The minimum absolute atomic E-state index is 0.0364. The van der Waals surface area contributed by atoms with E-state index in [9.17, 15) is 29.1 Å². The molecule has 162 valence electrons. The van der Waals surface area contributed by atoms with E-state index in [1.54, 1.807) is 0 Å². The van der Waals surface area contributed by atoms with Gasteiger partial charge < -0.3 is 9.84 Å². The van der Waals surface area contributed by atoms with E-state index < -0.39 is 23.5 Å². The number of halogens is 2. The molecule has 1 saturated heterocycles. The third kappa shape index (κ3) is 3.48. The van der Waals surface area contributed by atoms with Crippen LogP contribution in [0.2, 0.25) is 0 Å². The molecule has 1 atom stereocenters. The van der Waals surface area contributed by atoms with E-state index in [1.165, 1.54) is 31.4 Å². The fraction of sp³-hybridized carbons (Fsp3) is 0.190. The molecule has 1 amide bonds. The number of carbonyl (C=O) groups excluding carboxylic acids is 1. The summed E-state index contributed by atoms with van der Waals surface area (Å²) in [6.45, 7) is -0.348. The van der Waals surface area contributed by atoms with E-state index in [0.717, 1.165) is 15.5 Å². The number of rotatable bonds is 3. The lowest BCUT2D eigenvalue weighted by molar-refractivity contribution is -0.116. The van der Waals surface area contributed by atoms with Gasteiger partial charge in [0.15, 0.2) is 17.3 Å². The Bertz CT molecular complexity index is 1400. The van der Waals surface area contributed by atoms with Crippen molar-refractivity contribution < 1.29 is 23.8 Å². The molecule has 1 N–H and O–H groups in total. The predicted octanol–water partition coefficient (Wildman–Crippen LogP) is 3.16. The third-order valence-corrected chi connectivity index (χ3v) is 5.77. The standard InChI is InChI=1S/C21H14BrFN4O5/c1-32-17-3-2-11(6-15(17)23)27-19(16-7-12(28)9-26(16)21(30)31)25-18-13(20(27)29)4-10(8-24)5-14(18)22/h2-6,16H,7,9H2,1H3,(H,30,31). The van der Waals surface area contributed by atoms with Gasteiger partial charge in [0, 0.05) is 17.0 Å². The highest BCUT2D eigenvalue weighted by molar-refractivity contribution is 9.10. The largest absolute Gasteiger partial charge is 0.494 e. The molecular weight excluding hydrogens is 487 g/mol. The molecule has 0 bridgehead atoms. The van der Waals surface area contributed by atoms with Gasteiger partial charge in [0.1, 0.15) is 11.9 Å². The van der Waals surface area contributed by atoms with E-state index in [0.29, 0.717) is 4.47 Å². The number of hydrogen-bond donors (Lipinski definition) is 1. The molecule has 0 spiro atoms. The Morgan fingerprint density at radius 3 is 2.72 bits per heavy atom. The molecule has 0 saturated carbocycles. The van der Waals surface area contributed by atoms with Crippen LogP contribution in [0.3, 0.4) is 0 Å². The predicted molar refractivity (Wildman–Crippen MR) is 113 cm³/mol. The summed E-state index contributed by atoms with van der Waals surface area (Å²) in [5.41, 5.74) is -0.177. The van der Waals surface area contributed by atoms with Crippen molar-refractivity contribution in [3.8, 4) is 17.5 Å². The molecule has 1 aromatic heterocycles. The summed E-state index contributed by atoms with van der Waals surface area (Å²) in [5, 5.41) is 18.9. The first-order valence-corrected chi connectivity index (χ1v) is 10.1. The Morgan fingerprint density at radius 2 is 2.09 bits per heavy atom. The number of carbonyl (C=O) groups is 2. The fourth-order valence-corrected chi connectivity index (χ4v) is 4.27. The van der Waals surface area contributed by atoms with Crippen molar-refractivity contribution in [2.75, 3.05) is 13.7 Å². The first-order valence-electron chi connectivity index (χ1n) is 9.26. The zero-order chi connectivity index (χ0) is 23.2. The lowest BCUT2D eigenvalue weighted by atomic mass is 10.1. The van der Waals surface area contributed by atoms with Gasteiger partial charge in [-0.25, -0.2) is 14.2 Å². The normalized spacial score (nSPS) is 15.8. The van der Waals surface area contributed by atoms with Gasteiger partial charge >= 0.3 is 6.09 Å². The second-order valence-corrected chi connectivity index (χ2v) is 7.92. The molecule has 9 nitrogen and oxygen atoms in total. The maximum absolute atomic E-state index is 14.5. The van der Waals surface area contributed by atoms with E-state index in [1.807, 2.05) is 6.07 Å². The third-order valence-electron chi connectivity index (χ3n) is 5.16. The van der Waals surface area contributed by atoms with Crippen LogP contribution >= 0.6 is 15.9 Å². The highest BCUT2D eigenvalue weighted by atomic mass is 79.9. The molecule has 1 unspecified atom stereocenters. The number of likely N-dealkylation sites (tertiary alicyclic amines) is 1. The Labute approximate surface area is 188 Å². The molecular formula is C21H14BrFN4O5. The number of benzene rings is 2. The fourth-order valence-electron chi connectivity index (χ4n) is 3.72. The van der Waals surface area contributed by atoms with Crippen LogP contribution in [0.4, 0.5) is 9.18 Å². The topological polar surface area (TPSA) is 126 Å². The Hall–Kier alpha value is -3.78. The number of nitriles is 1. The van der Waals surface area contributed by atoms with Crippen molar-refractivity contribution >= 4 is 38.7 Å². The van der Waals surface area contributed by atoms with E-state index in [4.69, 9.17) is 4.74 Å². The highest BCUT2D eigenvalue weighted by Crippen LogP contribution is 2.33. The van der Waals surface area contributed by atoms with E-state index in [-0.39, 0.29) is 52.5 Å². The van der Waals surface area contributed by atoms with Crippen molar-refractivity contribution in [1.29, 1.82) is 5.26 Å². The van der Waals surface area contributed by atoms with Crippen LogP contribution in [0.1, 0.15) is 23.9 Å². The van der Waals surface area contributed by atoms with Crippen molar-refractivity contribution in [2.24, 2.45) is 0 Å². The summed E-state index contributed by atoms with van der Waals surface area (Å²) in [7, 11) is 1.29. The van der Waals surface area contributed by atoms with Crippen LogP contribution in [-0.4, -0.2) is 45.1 Å². The summed E-state index contributed by atoms with van der Waals surface area (Å²) in [5.74, 6) is -1.16. The minimum atomic E-state index is -1.35. The summed E-state index contributed by atoms with van der Waals surface area (Å²) in [4.78, 5) is 42.8. The van der Waals surface area contributed by atoms with Gasteiger partial charge in [-0.1, -0.05) is 0 Å². The molecule has 0 aliphatic carbocycles. The number of amides is 1. The lowest BCUT2D eigenvalue weighted by Gasteiger charge is -2.24. The minimum Gasteiger partial charge on any atom is -0.494 e. The Kier molecular flexibility index (Phi) is 5.40. The first-order chi connectivity index (χ1) is 15.2. The van der Waals surface area contributed by atoms with Crippen molar-refractivity contribution in [3.63, 3.8) is 0 Å². The van der Waals surface area contributed by atoms with E-state index >= 15 is 0 Å². The molecule has 11 heteroatoms. The molecule has 0 radical (unpaired) electrons. The highest BCUT2D eigenvalue weighted by Gasteiger charge is 2.38. The number of ketones is 1. The maximum Gasteiger partial charge on any atom is 0.408 e. The van der Waals surface area contributed by atoms with Crippen molar-refractivity contribution in [3.05, 3.63) is 62.4 Å². The van der Waals surface area contributed by atoms with Crippen LogP contribution in [0.25, 0.3) is 16.6 Å². The van der Waals surface area contributed by atoms with Gasteiger partial charge in [0.2, 0.25) is 0 Å². The van der Waals surface area contributed by atoms with Crippen LogP contribution in [0.5, 0.6) is 5.75 Å². The number of Topliss-reactive ketones (excluding diaryl/α,β-unsaturated/α-hetero) is 1. The van der Waals surface area contributed by atoms with Gasteiger partial charge in [-0.3, -0.25) is 19.1 Å². The van der Waals surface area contributed by atoms with Crippen LogP contribution in [0, 0.1) is 17.1 Å². The van der Waals surface area contributed by atoms with Gasteiger partial charge in [0.25, 0.3) is 5.56 Å². The van der Waals surface area contributed by atoms with Gasteiger partial charge in [0.05, 0.1) is 41.9 Å². The zero-order valence-electron chi connectivity index (χ0n) is 16.5. The first kappa shape index (κ1) is 21.5. The number of nitrogens with zero attached hydrogens (tertiary/aromatic N) is 4. The quantitative estimate of drug-likeness (QED) is 0.585. The van der Waals surface area contributed by atoms with Crippen LogP contribution in [-0.2, 0) is 4.79 Å². The number of fused-ring (bicyclic) bond motifs is 1. The van der Waals surface area contributed by atoms with Crippen LogP contribution < -0.4 is 10.3 Å². The lowest BCUT2D eigenvalue weighted by Crippen LogP contribution is -2.34. The molecule has 2 aromatic carbocycles. The second-order valence-electron chi connectivity index (χ2n) is 7.06. The molecule has 1 fully saturated rings. The monoisotopic (exact) mass is 500 g/mol. The van der Waals surface area contributed by atoms with Gasteiger partial charge in [-0.2, -0.15) is 5.26 Å². The molecule has 4 rings (SSSR count). The average Bonchev–Trinajstić information content (AvgIpc) is 3.15. The van der Waals surface area contributed by atoms with Gasteiger partial charge in [-0.05, 0) is 40.2 Å². The second kappa shape index (κ2) is 8.05. The number of ether oxygens (including phenoxy) is 1. The average molecular weight is 501 g/mol. The number of hydrogen-bond acceptors (Lipinski definition) is 6. The maximum atomic E-state index is 14.5. The SMILES string of the molecule is COc1ccc(-n2c(C3CC(=O)CN3C(=O)O)nc3c(Br)cc(C#N)cc3c2=O)cc1F. The van der Waals surface area contributed by atoms with Crippen LogP contribution in [0.15, 0.2) is 39.6 Å². The Morgan fingerprint density at radius 1 is 1.34 bits per heavy atom. The number of aromatic nitrogens is 2. The summed E-state index contributed by atoms with van der Waals surface area (Å²) in [6, 6.07) is 7.53. The molecule has 1 aliphatic heterocycles. The molecule has 32 heavy (non-hydrogen) atoms. The summed E-state index contributed by atoms with van der Waals surface area (Å²) >= 11 is 3.30. The molecule has 1 aliphatic rings.